The Morgan fingerprint density at radius 3 is 2.63 bits per heavy atom. The van der Waals surface area contributed by atoms with Crippen molar-refractivity contribution in [2.45, 2.75) is 0 Å². The van der Waals surface area contributed by atoms with E-state index in [-0.39, 0.29) is 5.91 Å². The number of carbonyl (C=O) groups excluding carboxylic acids is 1. The number of likely N-dealkylation sites (N-methyl/N-ethyl adjacent to an activating group) is 1. The molecule has 1 amide bonds. The SMILES string of the molecule is CN1CCN(c2cc(N)c(N)cc2C(=O)Nc2ccc3[nH]ncc3c2)CC1. The number of H-pyrrole nitrogens is 1. The maximum atomic E-state index is 13.0. The lowest BCUT2D eigenvalue weighted by Gasteiger charge is -2.35. The number of rotatable bonds is 3. The zero-order chi connectivity index (χ0) is 19.0. The van der Waals surface area contributed by atoms with Gasteiger partial charge in [0.1, 0.15) is 0 Å². The summed E-state index contributed by atoms with van der Waals surface area (Å²) in [7, 11) is 2.09. The summed E-state index contributed by atoms with van der Waals surface area (Å²) in [5, 5.41) is 10.8. The molecular weight excluding hydrogens is 342 g/mol. The first-order valence-electron chi connectivity index (χ1n) is 8.88. The van der Waals surface area contributed by atoms with Gasteiger partial charge in [0.05, 0.1) is 34.3 Å². The first kappa shape index (κ1) is 17.2. The molecule has 140 valence electrons. The van der Waals surface area contributed by atoms with Gasteiger partial charge in [-0.3, -0.25) is 9.89 Å². The number of aromatic nitrogens is 2. The van der Waals surface area contributed by atoms with Gasteiger partial charge in [0.2, 0.25) is 0 Å². The molecule has 6 N–H and O–H groups in total. The van der Waals surface area contributed by atoms with Gasteiger partial charge in [-0.15, -0.1) is 0 Å². The minimum atomic E-state index is -0.210. The lowest BCUT2D eigenvalue weighted by Crippen LogP contribution is -2.45. The number of aromatic amines is 1. The van der Waals surface area contributed by atoms with Gasteiger partial charge in [-0.2, -0.15) is 5.10 Å². The Bertz CT molecular complexity index is 989. The minimum absolute atomic E-state index is 0.210. The highest BCUT2D eigenvalue weighted by Crippen LogP contribution is 2.30. The normalized spacial score (nSPS) is 15.2. The summed E-state index contributed by atoms with van der Waals surface area (Å²) in [4.78, 5) is 17.5. The van der Waals surface area contributed by atoms with Crippen molar-refractivity contribution in [3.05, 3.63) is 42.1 Å². The van der Waals surface area contributed by atoms with E-state index in [0.29, 0.717) is 22.6 Å². The molecule has 8 heteroatoms. The molecular formula is C19H23N7O. The number of hydrogen-bond acceptors (Lipinski definition) is 6. The van der Waals surface area contributed by atoms with Crippen molar-refractivity contribution in [1.29, 1.82) is 0 Å². The number of benzene rings is 2. The van der Waals surface area contributed by atoms with E-state index in [1.54, 1.807) is 18.3 Å². The third kappa shape index (κ3) is 3.39. The first-order chi connectivity index (χ1) is 13.0. The van der Waals surface area contributed by atoms with Crippen LogP contribution in [0.5, 0.6) is 0 Å². The molecule has 2 heterocycles. The summed E-state index contributed by atoms with van der Waals surface area (Å²) in [6.45, 7) is 3.53. The predicted octanol–water partition coefficient (Wildman–Crippen LogP) is 1.73. The van der Waals surface area contributed by atoms with E-state index in [1.807, 2.05) is 18.2 Å². The predicted molar refractivity (Wildman–Crippen MR) is 109 cm³/mol. The number of piperazine rings is 1. The van der Waals surface area contributed by atoms with Crippen LogP contribution in [0.15, 0.2) is 36.5 Å². The van der Waals surface area contributed by atoms with Crippen LogP contribution in [0.2, 0.25) is 0 Å². The third-order valence-electron chi connectivity index (χ3n) is 4.99. The number of fused-ring (bicyclic) bond motifs is 1. The molecule has 0 aliphatic carbocycles. The highest BCUT2D eigenvalue weighted by atomic mass is 16.1. The van der Waals surface area contributed by atoms with Gasteiger partial charge < -0.3 is 26.6 Å². The number of hydrogen-bond donors (Lipinski definition) is 4. The van der Waals surface area contributed by atoms with Gasteiger partial charge in [-0.05, 0) is 37.4 Å². The van der Waals surface area contributed by atoms with E-state index in [9.17, 15) is 4.79 Å². The van der Waals surface area contributed by atoms with Gasteiger partial charge in [-0.1, -0.05) is 0 Å². The van der Waals surface area contributed by atoms with Crippen molar-refractivity contribution in [3.63, 3.8) is 0 Å². The van der Waals surface area contributed by atoms with Crippen molar-refractivity contribution in [1.82, 2.24) is 15.1 Å². The van der Waals surface area contributed by atoms with Gasteiger partial charge in [0, 0.05) is 37.3 Å². The van der Waals surface area contributed by atoms with Gasteiger partial charge in [-0.25, -0.2) is 0 Å². The van der Waals surface area contributed by atoms with Crippen molar-refractivity contribution >= 4 is 39.6 Å². The molecule has 0 radical (unpaired) electrons. The zero-order valence-corrected chi connectivity index (χ0v) is 15.2. The fraction of sp³-hybridized carbons (Fsp3) is 0.263. The number of nitrogens with zero attached hydrogens (tertiary/aromatic N) is 3. The Morgan fingerprint density at radius 1 is 1.11 bits per heavy atom. The monoisotopic (exact) mass is 365 g/mol. The number of nitrogen functional groups attached to an aromatic ring is 2. The maximum absolute atomic E-state index is 13.0. The molecule has 27 heavy (non-hydrogen) atoms. The van der Waals surface area contributed by atoms with Gasteiger partial charge >= 0.3 is 0 Å². The molecule has 0 bridgehead atoms. The molecule has 3 aromatic rings. The molecule has 0 spiro atoms. The molecule has 1 fully saturated rings. The average molecular weight is 365 g/mol. The largest absolute Gasteiger partial charge is 0.397 e. The zero-order valence-electron chi connectivity index (χ0n) is 15.2. The molecule has 8 nitrogen and oxygen atoms in total. The fourth-order valence-corrected chi connectivity index (χ4v) is 3.33. The second kappa shape index (κ2) is 6.81. The van der Waals surface area contributed by atoms with Crippen LogP contribution in [0.4, 0.5) is 22.7 Å². The van der Waals surface area contributed by atoms with Crippen LogP contribution in [0.3, 0.4) is 0 Å². The molecule has 1 saturated heterocycles. The topological polar surface area (TPSA) is 116 Å². The van der Waals surface area contributed by atoms with Crippen molar-refractivity contribution in [2.24, 2.45) is 0 Å². The summed E-state index contributed by atoms with van der Waals surface area (Å²) >= 11 is 0. The average Bonchev–Trinajstić information content (AvgIpc) is 3.12. The molecule has 1 aromatic heterocycles. The van der Waals surface area contributed by atoms with Crippen molar-refractivity contribution < 1.29 is 4.79 Å². The minimum Gasteiger partial charge on any atom is -0.397 e. The number of carbonyl (C=O) groups is 1. The van der Waals surface area contributed by atoms with Crippen LogP contribution in [0, 0.1) is 0 Å². The third-order valence-corrected chi connectivity index (χ3v) is 4.99. The molecule has 0 saturated carbocycles. The van der Waals surface area contributed by atoms with Crippen LogP contribution in [-0.4, -0.2) is 54.2 Å². The molecule has 1 aliphatic heterocycles. The van der Waals surface area contributed by atoms with Crippen LogP contribution < -0.4 is 21.7 Å². The molecule has 0 unspecified atom stereocenters. The summed E-state index contributed by atoms with van der Waals surface area (Å²) < 4.78 is 0. The summed E-state index contributed by atoms with van der Waals surface area (Å²) in [5.41, 5.74) is 15.9. The quantitative estimate of drug-likeness (QED) is 0.525. The summed E-state index contributed by atoms with van der Waals surface area (Å²) in [5.74, 6) is -0.210. The smallest absolute Gasteiger partial charge is 0.257 e. The fourth-order valence-electron chi connectivity index (χ4n) is 3.33. The molecule has 0 atom stereocenters. The van der Waals surface area contributed by atoms with E-state index in [1.165, 1.54) is 0 Å². The Hall–Kier alpha value is -3.26. The lowest BCUT2D eigenvalue weighted by atomic mass is 10.1. The Balaban J connectivity index is 1.64. The van der Waals surface area contributed by atoms with Gasteiger partial charge in [0.15, 0.2) is 0 Å². The number of nitrogens with one attached hydrogen (secondary N) is 2. The highest BCUT2D eigenvalue weighted by Gasteiger charge is 2.22. The van der Waals surface area contributed by atoms with E-state index in [0.717, 1.165) is 42.8 Å². The Kier molecular flexibility index (Phi) is 4.33. The van der Waals surface area contributed by atoms with Crippen LogP contribution >= 0.6 is 0 Å². The van der Waals surface area contributed by atoms with Crippen LogP contribution in [-0.2, 0) is 0 Å². The molecule has 1 aliphatic rings. The molecule has 2 aromatic carbocycles. The Labute approximate surface area is 157 Å². The van der Waals surface area contributed by atoms with E-state index < -0.39 is 0 Å². The van der Waals surface area contributed by atoms with E-state index in [4.69, 9.17) is 11.5 Å². The highest BCUT2D eigenvalue weighted by molar-refractivity contribution is 6.10. The molecule has 4 rings (SSSR count). The second-order valence-corrected chi connectivity index (χ2v) is 6.91. The van der Waals surface area contributed by atoms with Gasteiger partial charge in [0.25, 0.3) is 5.91 Å². The van der Waals surface area contributed by atoms with Crippen LogP contribution in [0.1, 0.15) is 10.4 Å². The summed E-state index contributed by atoms with van der Waals surface area (Å²) in [6.07, 6.45) is 1.72. The number of nitrogens with two attached hydrogens (primary N) is 2. The lowest BCUT2D eigenvalue weighted by molar-refractivity contribution is 0.102. The van der Waals surface area contributed by atoms with Crippen LogP contribution in [0.25, 0.3) is 10.9 Å². The standard InChI is InChI=1S/C19H23N7O/c1-25-4-6-26(7-5-25)18-10-16(21)15(20)9-14(18)19(27)23-13-2-3-17-12(8-13)11-22-24-17/h2-3,8-11H,4-7,20-21H2,1H3,(H,22,24)(H,23,27). The second-order valence-electron chi connectivity index (χ2n) is 6.91. The Morgan fingerprint density at radius 2 is 1.85 bits per heavy atom. The van der Waals surface area contributed by atoms with Crippen molar-refractivity contribution in [2.75, 3.05) is 54.9 Å². The maximum Gasteiger partial charge on any atom is 0.257 e. The number of anilines is 4. The van der Waals surface area contributed by atoms with Crippen molar-refractivity contribution in [3.8, 4) is 0 Å². The van der Waals surface area contributed by atoms with E-state index in [2.05, 4.69) is 32.4 Å². The number of amides is 1. The van der Waals surface area contributed by atoms with E-state index >= 15 is 0 Å². The first-order valence-corrected chi connectivity index (χ1v) is 8.88. The summed E-state index contributed by atoms with van der Waals surface area (Å²) in [6, 6.07) is 9.07.